The van der Waals surface area contributed by atoms with Crippen molar-refractivity contribution >= 4 is 27.9 Å². The third kappa shape index (κ3) is 3.39. The Morgan fingerprint density at radius 2 is 1.73 bits per heavy atom. The van der Waals surface area contributed by atoms with Crippen molar-refractivity contribution in [3.05, 3.63) is 71.3 Å². The second-order valence-electron chi connectivity index (χ2n) is 5.61. The molecule has 0 bridgehead atoms. The van der Waals surface area contributed by atoms with Gasteiger partial charge >= 0.3 is 0 Å². The highest BCUT2D eigenvalue weighted by Gasteiger charge is 2.38. The van der Waals surface area contributed by atoms with E-state index in [4.69, 9.17) is 0 Å². The minimum atomic E-state index is 0. The molecule has 0 spiro atoms. The van der Waals surface area contributed by atoms with Crippen LogP contribution >= 0.6 is 23.5 Å². The molecule has 1 nitrogen and oxygen atoms in total. The van der Waals surface area contributed by atoms with Gasteiger partial charge in [0, 0.05) is 17.7 Å². The number of hydrogen-bond donors (Lipinski definition) is 0. The second kappa shape index (κ2) is 7.41. The molecule has 0 aromatic heterocycles. The van der Waals surface area contributed by atoms with Gasteiger partial charge in [-0.05, 0) is 34.7 Å². The van der Waals surface area contributed by atoms with Crippen molar-refractivity contribution in [2.24, 2.45) is 0 Å². The molecule has 2 aliphatic rings. The molecule has 0 amide bonds. The predicted octanol–water partition coefficient (Wildman–Crippen LogP) is 1.16. The first-order valence-electron chi connectivity index (χ1n) is 7.40. The normalized spacial score (nSPS) is 19.4. The average molecular weight is 439 g/mol. The summed E-state index contributed by atoms with van der Waals surface area (Å²) in [7, 11) is 0. The fourth-order valence-electron chi connectivity index (χ4n) is 3.04. The Kier molecular flexibility index (Phi) is 5.52. The summed E-state index contributed by atoms with van der Waals surface area (Å²) in [6.07, 6.45) is 1.21. The predicted molar refractivity (Wildman–Crippen MR) is 93.1 cm³/mol. The number of nitrogens with zero attached hydrogens (tertiary/aromatic N) is 1. The van der Waals surface area contributed by atoms with Gasteiger partial charge in [-0.2, -0.15) is 0 Å². The molecule has 0 fully saturated rings. The summed E-state index contributed by atoms with van der Waals surface area (Å²) in [6, 6.07) is 20.4. The van der Waals surface area contributed by atoms with E-state index in [0.717, 1.165) is 12.3 Å². The summed E-state index contributed by atoms with van der Waals surface area (Å²) < 4.78 is 4.14. The highest BCUT2D eigenvalue weighted by atomic mass is 127. The lowest BCUT2D eigenvalue weighted by molar-refractivity contribution is -0.572. The molecule has 2 aromatic carbocycles. The van der Waals surface area contributed by atoms with Crippen LogP contribution in [0.2, 0.25) is 0 Å². The molecule has 0 radical (unpaired) electrons. The summed E-state index contributed by atoms with van der Waals surface area (Å²) >= 11 is 4.05. The van der Waals surface area contributed by atoms with Gasteiger partial charge in [0.1, 0.15) is 0 Å². The van der Waals surface area contributed by atoms with Crippen LogP contribution in [0.5, 0.6) is 0 Å². The molecule has 114 valence electrons. The Bertz CT molecular complexity index is 684. The van der Waals surface area contributed by atoms with Gasteiger partial charge < -0.3 is 24.0 Å². The summed E-state index contributed by atoms with van der Waals surface area (Å²) in [5.74, 6) is 2.32. The van der Waals surface area contributed by atoms with Gasteiger partial charge in [0.15, 0.2) is 12.6 Å². The number of benzene rings is 2. The Hall–Kier alpha value is -0.460. The molecular weight excluding hydrogens is 421 g/mol. The van der Waals surface area contributed by atoms with E-state index < -0.39 is 0 Å². The molecule has 0 saturated carbocycles. The Labute approximate surface area is 157 Å². The zero-order chi connectivity index (χ0) is 14.1. The molecule has 22 heavy (non-hydrogen) atoms. The first-order valence-corrected chi connectivity index (χ1v) is 9.37. The summed E-state index contributed by atoms with van der Waals surface area (Å²) in [6.45, 7) is 1.09. The minimum Gasteiger partial charge on any atom is -1.00 e. The monoisotopic (exact) mass is 439 g/mol. The van der Waals surface area contributed by atoms with Gasteiger partial charge in [-0.15, -0.1) is 0 Å². The smallest absolute Gasteiger partial charge is 0.271 e. The molecule has 0 N–H and O–H groups in total. The molecular formula is C18H18INS2. The summed E-state index contributed by atoms with van der Waals surface area (Å²) in [5.41, 5.74) is 4.47. The first kappa shape index (κ1) is 16.4. The fraction of sp³-hybridized carbons (Fsp3) is 0.278. The molecule has 2 aliphatic heterocycles. The van der Waals surface area contributed by atoms with Gasteiger partial charge in [0.05, 0.1) is 5.75 Å². The van der Waals surface area contributed by atoms with Gasteiger partial charge in [0.2, 0.25) is 0 Å². The lowest BCUT2D eigenvalue weighted by Crippen LogP contribution is -3.00. The summed E-state index contributed by atoms with van der Waals surface area (Å²) in [5, 5.41) is 0. The lowest BCUT2D eigenvalue weighted by atomic mass is 9.96. The molecule has 0 saturated heterocycles. The molecule has 4 heteroatoms. The SMILES string of the molecule is [I-].c1ccc(CSC2=[N+]3Cc4ccccc4C[C@H]3CS2)cc1. The van der Waals surface area contributed by atoms with E-state index in [1.807, 2.05) is 23.5 Å². The first-order chi connectivity index (χ1) is 10.4. The molecule has 2 heterocycles. The zero-order valence-electron chi connectivity index (χ0n) is 12.2. The van der Waals surface area contributed by atoms with Crippen LogP contribution in [0, 0.1) is 0 Å². The van der Waals surface area contributed by atoms with E-state index in [0.29, 0.717) is 6.04 Å². The van der Waals surface area contributed by atoms with Crippen molar-refractivity contribution in [1.82, 2.24) is 0 Å². The van der Waals surface area contributed by atoms with Gasteiger partial charge in [-0.3, -0.25) is 0 Å². The molecule has 0 unspecified atom stereocenters. The van der Waals surface area contributed by atoms with Crippen LogP contribution < -0.4 is 24.0 Å². The van der Waals surface area contributed by atoms with E-state index in [9.17, 15) is 0 Å². The van der Waals surface area contributed by atoms with Crippen molar-refractivity contribution < 1.29 is 28.6 Å². The van der Waals surface area contributed by atoms with Crippen molar-refractivity contribution in [3.8, 4) is 0 Å². The van der Waals surface area contributed by atoms with E-state index in [-0.39, 0.29) is 24.0 Å². The van der Waals surface area contributed by atoms with Crippen molar-refractivity contribution in [2.75, 3.05) is 5.75 Å². The van der Waals surface area contributed by atoms with E-state index in [1.165, 1.54) is 27.7 Å². The van der Waals surface area contributed by atoms with Crippen LogP contribution in [0.25, 0.3) is 0 Å². The number of hydrogen-bond acceptors (Lipinski definition) is 2. The van der Waals surface area contributed by atoms with Crippen LogP contribution in [0.15, 0.2) is 54.6 Å². The van der Waals surface area contributed by atoms with Gasteiger partial charge in [-0.25, -0.2) is 4.58 Å². The topological polar surface area (TPSA) is 3.01 Å². The maximum absolute atomic E-state index is 2.63. The fourth-order valence-corrected chi connectivity index (χ4v) is 5.63. The quantitative estimate of drug-likeness (QED) is 0.511. The second-order valence-corrected chi connectivity index (χ2v) is 7.84. The number of halogens is 1. The van der Waals surface area contributed by atoms with Crippen LogP contribution in [0.4, 0.5) is 0 Å². The average Bonchev–Trinajstić information content (AvgIpc) is 2.94. The van der Waals surface area contributed by atoms with Gasteiger partial charge in [0.25, 0.3) is 4.38 Å². The van der Waals surface area contributed by atoms with Gasteiger partial charge in [-0.1, -0.05) is 54.6 Å². The standard InChI is InChI=1S/C18H18NS2.HI/c1-2-6-14(7-3-1)12-20-18-19-11-16-9-5-4-8-15(16)10-17(19)13-21-18;/h1-9,17H,10-13H2;1H/q+1;/p-1/t17-;/m0./s1. The molecule has 1 atom stereocenters. The third-order valence-electron chi connectivity index (χ3n) is 4.19. The minimum absolute atomic E-state index is 0. The Morgan fingerprint density at radius 1 is 1.00 bits per heavy atom. The van der Waals surface area contributed by atoms with Crippen molar-refractivity contribution in [3.63, 3.8) is 0 Å². The number of rotatable bonds is 2. The molecule has 2 aromatic rings. The highest BCUT2D eigenvalue weighted by Crippen LogP contribution is 2.33. The number of thioether (sulfide) groups is 2. The molecule has 0 aliphatic carbocycles. The lowest BCUT2D eigenvalue weighted by Gasteiger charge is -2.19. The van der Waals surface area contributed by atoms with Crippen LogP contribution in [-0.2, 0) is 18.7 Å². The zero-order valence-corrected chi connectivity index (χ0v) is 16.0. The van der Waals surface area contributed by atoms with Crippen LogP contribution in [0.1, 0.15) is 16.7 Å². The highest BCUT2D eigenvalue weighted by molar-refractivity contribution is 8.38. The number of fused-ring (bicyclic) bond motifs is 2. The Balaban J connectivity index is 0.00000144. The van der Waals surface area contributed by atoms with Crippen LogP contribution in [-0.4, -0.2) is 20.7 Å². The van der Waals surface area contributed by atoms with E-state index in [1.54, 1.807) is 5.56 Å². The van der Waals surface area contributed by atoms with Crippen LogP contribution in [0.3, 0.4) is 0 Å². The van der Waals surface area contributed by atoms with Crippen molar-refractivity contribution in [2.45, 2.75) is 24.8 Å². The third-order valence-corrected chi connectivity index (χ3v) is 6.89. The molecule has 4 rings (SSSR count). The van der Waals surface area contributed by atoms with Crippen molar-refractivity contribution in [1.29, 1.82) is 0 Å². The largest absolute Gasteiger partial charge is 1.00 e. The summed E-state index contributed by atoms with van der Waals surface area (Å²) in [4.78, 5) is 0. The maximum Gasteiger partial charge on any atom is 0.271 e. The Morgan fingerprint density at radius 3 is 2.55 bits per heavy atom. The maximum atomic E-state index is 2.63. The van der Waals surface area contributed by atoms with E-state index >= 15 is 0 Å². The van der Waals surface area contributed by atoms with E-state index in [2.05, 4.69) is 59.2 Å².